The Kier molecular flexibility index (Phi) is 20.1. The molecule has 4 aliphatic rings. The molecule has 2 aromatic carbocycles. The van der Waals surface area contributed by atoms with E-state index in [0.717, 1.165) is 74.0 Å². The zero-order chi connectivity index (χ0) is 60.4. The highest BCUT2D eigenvalue weighted by Crippen LogP contribution is 2.35. The molecule has 2 saturated heterocycles. The Labute approximate surface area is 495 Å². The maximum atomic E-state index is 13.8. The number of fused-ring (bicyclic) bond motifs is 4. The van der Waals surface area contributed by atoms with Gasteiger partial charge in [0, 0.05) is 116 Å². The minimum absolute atomic E-state index is 0.00827. The van der Waals surface area contributed by atoms with E-state index in [-0.39, 0.29) is 92.0 Å². The first-order valence-corrected chi connectivity index (χ1v) is 30.5. The number of aliphatic carboxylic acids is 1. The van der Waals surface area contributed by atoms with Crippen LogP contribution in [0.3, 0.4) is 0 Å². The molecule has 0 spiro atoms. The number of amides is 2. The third-order valence-electron chi connectivity index (χ3n) is 17.5. The van der Waals surface area contributed by atoms with Crippen LogP contribution in [0.1, 0.15) is 179 Å². The van der Waals surface area contributed by atoms with E-state index in [2.05, 4.69) is 30.7 Å². The Morgan fingerprint density at radius 2 is 1.09 bits per heavy atom. The molecule has 460 valence electrons. The average Bonchev–Trinajstić information content (AvgIpc) is 1.39. The van der Waals surface area contributed by atoms with E-state index in [1.165, 1.54) is 24.3 Å². The largest absolute Gasteiger partial charge is 0.480 e. The highest BCUT2D eigenvalue weighted by molar-refractivity contribution is 5.84. The van der Waals surface area contributed by atoms with E-state index in [1.807, 2.05) is 6.92 Å². The van der Waals surface area contributed by atoms with Crippen LogP contribution in [0.15, 0.2) is 55.0 Å². The lowest BCUT2D eigenvalue weighted by atomic mass is 9.91. The summed E-state index contributed by atoms with van der Waals surface area (Å²) in [6, 6.07) is 7.81. The molecule has 2 amide bonds. The fourth-order valence-electron chi connectivity index (χ4n) is 12.7. The number of hydrogen-bond acceptors (Lipinski definition) is 17. The molecule has 8 heterocycles. The predicted molar refractivity (Wildman–Crippen MR) is 309 cm³/mol. The van der Waals surface area contributed by atoms with Crippen molar-refractivity contribution in [2.45, 2.75) is 179 Å². The molecule has 2 fully saturated rings. The molecule has 0 saturated carbocycles. The smallest absolute Gasteiger partial charge is 0.326 e. The predicted octanol–water partition coefficient (Wildman–Crippen LogP) is 7.47. The molecule has 3 atom stereocenters. The molecule has 86 heavy (non-hydrogen) atoms. The first-order valence-electron chi connectivity index (χ1n) is 30.5. The number of carbonyl (C=O) groups excluding carboxylic acids is 4. The molecular formula is C62H76F2N10O12. The lowest BCUT2D eigenvalue weighted by Crippen LogP contribution is -2.40. The first-order chi connectivity index (χ1) is 41.6. The van der Waals surface area contributed by atoms with E-state index in [1.54, 1.807) is 28.2 Å². The van der Waals surface area contributed by atoms with Crippen molar-refractivity contribution < 1.29 is 56.4 Å². The van der Waals surface area contributed by atoms with Gasteiger partial charge >= 0.3 is 17.9 Å². The molecule has 0 bridgehead atoms. The summed E-state index contributed by atoms with van der Waals surface area (Å²) in [7, 11) is 0. The molecule has 0 aliphatic carbocycles. The molecule has 0 radical (unpaired) electrons. The van der Waals surface area contributed by atoms with E-state index < -0.39 is 42.1 Å². The minimum Gasteiger partial charge on any atom is -0.480 e. The van der Waals surface area contributed by atoms with E-state index >= 15 is 0 Å². The number of rotatable bonds is 25. The molecule has 4 aliphatic heterocycles. The number of nitrogens with zero attached hydrogens (tertiary/aromatic N) is 8. The second-order valence-corrected chi connectivity index (χ2v) is 23.4. The Morgan fingerprint density at radius 3 is 1.56 bits per heavy atom. The SMILES string of the molecule is Cc1nc2n(c(=O)c1CCN1CCC(c3noc4cc(F)ccc34)CC1)CCCC2OC(=O)CCCC(=O)NCCCCC(NC(=O)CCCC(=O)OC1CCCn2c1nc(C)c(CCN1CCC(c3noc4cc(F)ccc34)CC1)c2=O)C(=O)O. The standard InChI is InChI=1S/C62H76F2N10O12/c1-37-43(24-33-71-29-20-39(21-30-71)56-45-18-16-41(63)35-50(45)85-69-56)60(79)73-27-7-10-48(58(73)66-37)83-54(77)14-5-12-52(75)65-26-4-3-9-47(62(81)82)68-53(76)13-6-15-55(78)84-49-11-8-28-74-59(49)67-38(2)44(61(74)80)25-34-72-31-22-40(23-32-72)57-46-19-17-42(64)36-51(46)86-70-57/h16-19,35-36,39-40,47-49H,3-15,20-34H2,1-2H3,(H,65,75)(H,68,76)(H,81,82). The third kappa shape index (κ3) is 14.9. The Hall–Kier alpha value is -7.73. The fraction of sp³-hybridized carbons (Fsp3) is 0.565. The molecule has 6 aromatic rings. The second kappa shape index (κ2) is 28.2. The van der Waals surface area contributed by atoms with Crippen LogP contribution in [0.5, 0.6) is 0 Å². The van der Waals surface area contributed by atoms with Crippen molar-refractivity contribution in [1.29, 1.82) is 0 Å². The van der Waals surface area contributed by atoms with Gasteiger partial charge in [-0.1, -0.05) is 10.3 Å². The van der Waals surface area contributed by atoms with Gasteiger partial charge in [-0.25, -0.2) is 23.5 Å². The van der Waals surface area contributed by atoms with Crippen molar-refractivity contribution >= 4 is 51.7 Å². The summed E-state index contributed by atoms with van der Waals surface area (Å²) in [5.74, 6) is -2.56. The molecule has 10 rings (SSSR count). The van der Waals surface area contributed by atoms with Crippen molar-refractivity contribution in [3.63, 3.8) is 0 Å². The van der Waals surface area contributed by atoms with Crippen LogP contribution >= 0.6 is 0 Å². The molecule has 3 N–H and O–H groups in total. The van der Waals surface area contributed by atoms with Gasteiger partial charge in [-0.15, -0.1) is 0 Å². The van der Waals surface area contributed by atoms with Crippen LogP contribution in [0.25, 0.3) is 21.9 Å². The average molecular weight is 1190 g/mol. The van der Waals surface area contributed by atoms with Gasteiger partial charge in [0.25, 0.3) is 11.1 Å². The number of esters is 2. The zero-order valence-corrected chi connectivity index (χ0v) is 48.9. The number of carboxylic acid groups (broad SMARTS) is 1. The summed E-state index contributed by atoms with van der Waals surface area (Å²) < 4.78 is 53.0. The van der Waals surface area contributed by atoms with Gasteiger partial charge in [-0.2, -0.15) is 0 Å². The normalized spacial score (nSPS) is 18.1. The Morgan fingerprint density at radius 1 is 0.628 bits per heavy atom. The van der Waals surface area contributed by atoms with Gasteiger partial charge in [-0.3, -0.25) is 37.9 Å². The summed E-state index contributed by atoms with van der Waals surface area (Å²) in [6.07, 6.45) is 6.51. The van der Waals surface area contributed by atoms with Crippen molar-refractivity contribution in [2.75, 3.05) is 45.8 Å². The van der Waals surface area contributed by atoms with Crippen LogP contribution in [-0.2, 0) is 59.4 Å². The summed E-state index contributed by atoms with van der Waals surface area (Å²) in [4.78, 5) is 105. The number of benzene rings is 2. The number of hydrogen-bond donors (Lipinski definition) is 3. The van der Waals surface area contributed by atoms with Crippen LogP contribution in [0.4, 0.5) is 8.78 Å². The van der Waals surface area contributed by atoms with Crippen LogP contribution in [-0.4, -0.2) is 126 Å². The van der Waals surface area contributed by atoms with Gasteiger partial charge < -0.3 is 44.1 Å². The second-order valence-electron chi connectivity index (χ2n) is 23.4. The topological polar surface area (TPSA) is 276 Å². The number of ether oxygens (including phenoxy) is 2. The van der Waals surface area contributed by atoms with Gasteiger partial charge in [0.1, 0.15) is 17.7 Å². The van der Waals surface area contributed by atoms with Crippen molar-refractivity contribution in [3.8, 4) is 0 Å². The number of carboxylic acids is 1. The summed E-state index contributed by atoms with van der Waals surface area (Å²) >= 11 is 0. The number of aromatic nitrogens is 6. The van der Waals surface area contributed by atoms with Gasteiger partial charge in [0.05, 0.1) is 11.4 Å². The molecule has 3 unspecified atom stereocenters. The number of halogens is 2. The quantitative estimate of drug-likeness (QED) is 0.0370. The number of piperidine rings is 2. The Balaban J connectivity index is 0.580. The lowest BCUT2D eigenvalue weighted by molar-refractivity contribution is -0.152. The maximum absolute atomic E-state index is 13.8. The van der Waals surface area contributed by atoms with Crippen molar-refractivity contribution in [2.24, 2.45) is 0 Å². The van der Waals surface area contributed by atoms with E-state index in [4.69, 9.17) is 28.5 Å². The minimum atomic E-state index is -1.21. The van der Waals surface area contributed by atoms with Gasteiger partial charge in [0.2, 0.25) is 11.8 Å². The highest BCUT2D eigenvalue weighted by atomic mass is 19.1. The van der Waals surface area contributed by atoms with Gasteiger partial charge in [-0.05, 0) is 161 Å². The lowest BCUT2D eigenvalue weighted by Gasteiger charge is -2.31. The third-order valence-corrected chi connectivity index (χ3v) is 17.5. The molecule has 22 nitrogen and oxygen atoms in total. The fourth-order valence-corrected chi connectivity index (χ4v) is 12.7. The summed E-state index contributed by atoms with van der Waals surface area (Å²) in [6.45, 7) is 9.42. The van der Waals surface area contributed by atoms with Gasteiger partial charge in [0.15, 0.2) is 35.0 Å². The number of unbranched alkanes of at least 4 members (excludes halogenated alkanes) is 1. The highest BCUT2D eigenvalue weighted by Gasteiger charge is 2.32. The Bertz CT molecular complexity index is 3560. The number of likely N-dealkylation sites (tertiary alicyclic amines) is 2. The number of aryl methyl sites for hydroxylation is 2. The van der Waals surface area contributed by atoms with Crippen molar-refractivity contribution in [1.82, 2.24) is 49.8 Å². The summed E-state index contributed by atoms with van der Waals surface area (Å²) in [5.41, 5.74) is 4.79. The first kappa shape index (κ1) is 61.4. The summed E-state index contributed by atoms with van der Waals surface area (Å²) in [5, 5.41) is 25.3. The van der Waals surface area contributed by atoms with Crippen LogP contribution < -0.4 is 21.8 Å². The molecular weight excluding hydrogens is 1110 g/mol. The molecule has 4 aromatic heterocycles. The maximum Gasteiger partial charge on any atom is 0.326 e. The van der Waals surface area contributed by atoms with Crippen LogP contribution in [0, 0.1) is 25.5 Å². The molecule has 24 heteroatoms. The monoisotopic (exact) mass is 1190 g/mol. The van der Waals surface area contributed by atoms with E-state index in [9.17, 15) is 47.4 Å². The zero-order valence-electron chi connectivity index (χ0n) is 48.9. The number of carbonyl (C=O) groups is 5. The van der Waals surface area contributed by atoms with Crippen molar-refractivity contribution in [3.05, 3.63) is 114 Å². The number of nitrogens with one attached hydrogen (secondary N) is 2. The van der Waals surface area contributed by atoms with Crippen LogP contribution in [0.2, 0.25) is 0 Å². The van der Waals surface area contributed by atoms with E-state index in [0.29, 0.717) is 123 Å².